The summed E-state index contributed by atoms with van der Waals surface area (Å²) in [6.45, 7) is -0.122. The second kappa shape index (κ2) is 5.11. The van der Waals surface area contributed by atoms with Crippen LogP contribution in [0.4, 0.5) is 5.69 Å². The molecule has 15 heavy (non-hydrogen) atoms. The average molecular weight is 209 g/mol. The van der Waals surface area contributed by atoms with Gasteiger partial charge in [-0.1, -0.05) is 12.1 Å². The van der Waals surface area contributed by atoms with Crippen molar-refractivity contribution in [2.24, 2.45) is 0 Å². The Kier molecular flexibility index (Phi) is 3.82. The summed E-state index contributed by atoms with van der Waals surface area (Å²) in [6.07, 6.45) is -0.566. The molecule has 0 atom stereocenters. The van der Waals surface area contributed by atoms with Crippen LogP contribution in [0, 0.1) is 0 Å². The number of carbonyl (C=O) groups is 2. The Morgan fingerprint density at radius 1 is 1.33 bits per heavy atom. The molecule has 1 amide bonds. The number of aliphatic hydroxyl groups excluding tert-OH is 1. The lowest BCUT2D eigenvalue weighted by Crippen LogP contribution is -2.15. The number of hydrogen-bond donors (Lipinski definition) is 3. The first-order valence-electron chi connectivity index (χ1n) is 4.33. The first kappa shape index (κ1) is 11.2. The van der Waals surface area contributed by atoms with Gasteiger partial charge in [0.25, 0.3) is 0 Å². The van der Waals surface area contributed by atoms with Crippen LogP contribution in [0.5, 0.6) is 0 Å². The molecule has 0 aliphatic heterocycles. The SMILES string of the molecule is O=C(O)CC(=O)Nc1cccc(CO)c1. The van der Waals surface area contributed by atoms with Gasteiger partial charge in [0, 0.05) is 5.69 Å². The molecule has 0 saturated heterocycles. The minimum Gasteiger partial charge on any atom is -0.481 e. The molecule has 0 radical (unpaired) electrons. The fourth-order valence-electron chi connectivity index (χ4n) is 1.09. The number of hydrogen-bond acceptors (Lipinski definition) is 3. The molecule has 80 valence electrons. The maximum Gasteiger partial charge on any atom is 0.312 e. The molecule has 3 N–H and O–H groups in total. The molecule has 0 saturated carbocycles. The number of carboxylic acids is 1. The van der Waals surface area contributed by atoms with E-state index in [4.69, 9.17) is 10.2 Å². The maximum absolute atomic E-state index is 11.1. The van der Waals surface area contributed by atoms with E-state index >= 15 is 0 Å². The second-order valence-electron chi connectivity index (χ2n) is 2.98. The lowest BCUT2D eigenvalue weighted by Gasteiger charge is -2.04. The van der Waals surface area contributed by atoms with Crippen molar-refractivity contribution in [1.29, 1.82) is 0 Å². The van der Waals surface area contributed by atoms with Gasteiger partial charge in [0.2, 0.25) is 5.91 Å². The Morgan fingerprint density at radius 3 is 2.67 bits per heavy atom. The zero-order valence-electron chi connectivity index (χ0n) is 7.93. The molecule has 0 spiro atoms. The highest BCUT2D eigenvalue weighted by atomic mass is 16.4. The molecular weight excluding hydrogens is 198 g/mol. The van der Waals surface area contributed by atoms with E-state index in [0.717, 1.165) is 0 Å². The first-order chi connectivity index (χ1) is 7.11. The highest BCUT2D eigenvalue weighted by Crippen LogP contribution is 2.10. The Labute approximate surface area is 86.4 Å². The summed E-state index contributed by atoms with van der Waals surface area (Å²) in [4.78, 5) is 21.3. The third-order valence-corrected chi connectivity index (χ3v) is 1.71. The maximum atomic E-state index is 11.1. The van der Waals surface area contributed by atoms with E-state index in [0.29, 0.717) is 11.3 Å². The number of carboxylic acid groups (broad SMARTS) is 1. The largest absolute Gasteiger partial charge is 0.481 e. The monoisotopic (exact) mass is 209 g/mol. The van der Waals surface area contributed by atoms with Crippen LogP contribution < -0.4 is 5.32 Å². The van der Waals surface area contributed by atoms with Gasteiger partial charge in [0.15, 0.2) is 0 Å². The minimum absolute atomic E-state index is 0.122. The van der Waals surface area contributed by atoms with Gasteiger partial charge >= 0.3 is 5.97 Å². The third kappa shape index (κ3) is 3.78. The van der Waals surface area contributed by atoms with E-state index in [2.05, 4.69) is 5.32 Å². The van der Waals surface area contributed by atoms with Crippen LogP contribution in [0.25, 0.3) is 0 Å². The van der Waals surface area contributed by atoms with E-state index in [9.17, 15) is 9.59 Å². The van der Waals surface area contributed by atoms with E-state index in [-0.39, 0.29) is 6.61 Å². The first-order valence-corrected chi connectivity index (χ1v) is 4.33. The molecule has 0 unspecified atom stereocenters. The van der Waals surface area contributed by atoms with Crippen molar-refractivity contribution in [3.63, 3.8) is 0 Å². The van der Waals surface area contributed by atoms with Crippen LogP contribution in [0.2, 0.25) is 0 Å². The Morgan fingerprint density at radius 2 is 2.07 bits per heavy atom. The van der Waals surface area contributed by atoms with Crippen molar-refractivity contribution in [2.75, 3.05) is 5.32 Å². The number of carbonyl (C=O) groups excluding carboxylic acids is 1. The zero-order valence-corrected chi connectivity index (χ0v) is 7.93. The topological polar surface area (TPSA) is 86.6 Å². The molecule has 0 aliphatic carbocycles. The number of amides is 1. The molecule has 5 heteroatoms. The lowest BCUT2D eigenvalue weighted by molar-refractivity contribution is -0.139. The van der Waals surface area contributed by atoms with Gasteiger partial charge in [-0.2, -0.15) is 0 Å². The summed E-state index contributed by atoms with van der Waals surface area (Å²) in [5.74, 6) is -1.76. The molecule has 0 aliphatic rings. The molecule has 1 aromatic carbocycles. The smallest absolute Gasteiger partial charge is 0.312 e. The van der Waals surface area contributed by atoms with Crippen LogP contribution >= 0.6 is 0 Å². The fraction of sp³-hybridized carbons (Fsp3) is 0.200. The summed E-state index contributed by atoms with van der Waals surface area (Å²) in [5.41, 5.74) is 1.14. The summed E-state index contributed by atoms with van der Waals surface area (Å²) < 4.78 is 0. The summed E-state index contributed by atoms with van der Waals surface area (Å²) in [7, 11) is 0. The third-order valence-electron chi connectivity index (χ3n) is 1.71. The number of benzene rings is 1. The predicted octanol–water partition coefficient (Wildman–Crippen LogP) is 0.592. The Balaban J connectivity index is 2.63. The van der Waals surface area contributed by atoms with Crippen molar-refractivity contribution < 1.29 is 19.8 Å². The van der Waals surface area contributed by atoms with Crippen molar-refractivity contribution >= 4 is 17.6 Å². The highest BCUT2D eigenvalue weighted by Gasteiger charge is 2.07. The number of anilines is 1. The summed E-state index contributed by atoms with van der Waals surface area (Å²) >= 11 is 0. The highest BCUT2D eigenvalue weighted by molar-refractivity contribution is 6.01. The van der Waals surface area contributed by atoms with Crippen LogP contribution in [-0.2, 0) is 16.2 Å². The zero-order chi connectivity index (χ0) is 11.3. The van der Waals surface area contributed by atoms with E-state index < -0.39 is 18.3 Å². The van der Waals surface area contributed by atoms with Crippen molar-refractivity contribution in [1.82, 2.24) is 0 Å². The fourth-order valence-corrected chi connectivity index (χ4v) is 1.09. The van der Waals surface area contributed by atoms with Crippen LogP contribution in [-0.4, -0.2) is 22.1 Å². The minimum atomic E-state index is -1.18. The van der Waals surface area contributed by atoms with Gasteiger partial charge in [0.1, 0.15) is 6.42 Å². The average Bonchev–Trinajstić information content (AvgIpc) is 2.16. The molecule has 5 nitrogen and oxygen atoms in total. The van der Waals surface area contributed by atoms with Crippen molar-refractivity contribution in [3.8, 4) is 0 Å². The van der Waals surface area contributed by atoms with Crippen LogP contribution in [0.3, 0.4) is 0 Å². The number of aliphatic hydroxyl groups is 1. The Bertz CT molecular complexity index is 375. The van der Waals surface area contributed by atoms with Gasteiger partial charge < -0.3 is 15.5 Å². The van der Waals surface area contributed by atoms with E-state index in [1.165, 1.54) is 0 Å². The molecule has 0 fully saturated rings. The van der Waals surface area contributed by atoms with Gasteiger partial charge in [0.05, 0.1) is 6.61 Å². The van der Waals surface area contributed by atoms with Gasteiger partial charge in [-0.05, 0) is 17.7 Å². The number of nitrogens with one attached hydrogen (secondary N) is 1. The molecular formula is C10H11NO4. The van der Waals surface area contributed by atoms with E-state index in [1.807, 2.05) is 0 Å². The van der Waals surface area contributed by atoms with Crippen molar-refractivity contribution in [3.05, 3.63) is 29.8 Å². The van der Waals surface area contributed by atoms with Gasteiger partial charge in [-0.25, -0.2) is 0 Å². The van der Waals surface area contributed by atoms with Gasteiger partial charge in [-0.15, -0.1) is 0 Å². The molecule has 0 heterocycles. The van der Waals surface area contributed by atoms with Crippen molar-refractivity contribution in [2.45, 2.75) is 13.0 Å². The Hall–Kier alpha value is -1.88. The molecule has 0 bridgehead atoms. The van der Waals surface area contributed by atoms with E-state index in [1.54, 1.807) is 24.3 Å². The normalized spacial score (nSPS) is 9.67. The van der Waals surface area contributed by atoms with Gasteiger partial charge in [-0.3, -0.25) is 9.59 Å². The van der Waals surface area contributed by atoms with Crippen LogP contribution in [0.15, 0.2) is 24.3 Å². The number of aliphatic carboxylic acids is 1. The standard InChI is InChI=1S/C10H11NO4/c12-6-7-2-1-3-8(4-7)11-9(13)5-10(14)15/h1-4,12H,5-6H2,(H,11,13)(H,14,15). The van der Waals surface area contributed by atoms with Crippen LogP contribution in [0.1, 0.15) is 12.0 Å². The number of rotatable bonds is 4. The molecule has 1 aromatic rings. The predicted molar refractivity (Wildman–Crippen MR) is 53.2 cm³/mol. The molecule has 0 aromatic heterocycles. The lowest BCUT2D eigenvalue weighted by atomic mass is 10.2. The summed E-state index contributed by atoms with van der Waals surface area (Å²) in [5, 5.41) is 19.6. The molecule has 1 rings (SSSR count). The summed E-state index contributed by atoms with van der Waals surface area (Å²) in [6, 6.07) is 6.58. The quantitative estimate of drug-likeness (QED) is 0.633. The second-order valence-corrected chi connectivity index (χ2v) is 2.98.